The van der Waals surface area contributed by atoms with Crippen molar-refractivity contribution in [3.05, 3.63) is 142 Å². The maximum Gasteiger partial charge on any atom is -0.00108 e. The quantitative estimate of drug-likeness (QED) is 0.129. The second-order valence-electron chi connectivity index (χ2n) is 15.7. The van der Waals surface area contributed by atoms with Crippen LogP contribution in [0.1, 0.15) is 58.4 Å². The molecule has 10 rings (SSSR count). The van der Waals surface area contributed by atoms with Crippen molar-refractivity contribution in [2.75, 3.05) is 0 Å². The van der Waals surface area contributed by atoms with Gasteiger partial charge in [0.05, 0.1) is 0 Å². The van der Waals surface area contributed by atoms with Crippen molar-refractivity contribution in [3.8, 4) is 22.3 Å². The largest absolute Gasteiger partial charge is 0.0616 e. The normalized spacial score (nSPS) is 12.4. The van der Waals surface area contributed by atoms with Crippen LogP contribution in [-0.2, 0) is 12.8 Å². The highest BCUT2D eigenvalue weighted by molar-refractivity contribution is 6.44. The second kappa shape index (κ2) is 11.0. The van der Waals surface area contributed by atoms with Gasteiger partial charge in [-0.15, -0.1) is 0 Å². The SMILES string of the molecule is CCc1cc2c3ccccc3c(-c3c(C)cc(C)cc3C)c3cc4c(CC)cc5c6ccccc6c(-c6c(C)cc(C)cc6C)c6cc1c(c32)c4c65. The zero-order chi connectivity index (χ0) is 35.7. The number of fused-ring (bicyclic) bond motifs is 4. The molecule has 0 unspecified atom stereocenters. The summed E-state index contributed by atoms with van der Waals surface area (Å²) >= 11 is 0. The van der Waals surface area contributed by atoms with Crippen LogP contribution < -0.4 is 0 Å². The maximum atomic E-state index is 2.60. The Morgan fingerprint density at radius 3 is 1.00 bits per heavy atom. The van der Waals surface area contributed by atoms with Crippen LogP contribution in [0, 0.1) is 41.5 Å². The summed E-state index contributed by atoms with van der Waals surface area (Å²) < 4.78 is 0. The van der Waals surface area contributed by atoms with E-state index in [-0.39, 0.29) is 0 Å². The highest BCUT2D eigenvalue weighted by Crippen LogP contribution is 2.54. The minimum atomic E-state index is 0.979. The molecule has 0 atom stereocenters. The molecule has 0 nitrogen and oxygen atoms in total. The number of rotatable bonds is 4. The lowest BCUT2D eigenvalue weighted by Gasteiger charge is -2.26. The Bertz CT molecular complexity index is 2870. The molecule has 0 aliphatic heterocycles. The Morgan fingerprint density at radius 2 is 0.654 bits per heavy atom. The summed E-state index contributed by atoms with van der Waals surface area (Å²) in [5.74, 6) is 0. The molecule has 0 heteroatoms. The number of aryl methyl sites for hydroxylation is 8. The predicted octanol–water partition coefficient (Wildman–Crippen LogP) is 14.9. The monoisotopic (exact) mass is 668 g/mol. The molecule has 0 aliphatic rings. The molecule has 0 spiro atoms. The Balaban J connectivity index is 1.55. The summed E-state index contributed by atoms with van der Waals surface area (Å²) in [6.07, 6.45) is 1.96. The molecule has 0 saturated carbocycles. The Morgan fingerprint density at radius 1 is 0.308 bits per heavy atom. The molecule has 10 aromatic carbocycles. The maximum absolute atomic E-state index is 2.60. The third-order valence-electron chi connectivity index (χ3n) is 12.4. The van der Waals surface area contributed by atoms with Crippen molar-refractivity contribution >= 4 is 75.4 Å². The van der Waals surface area contributed by atoms with E-state index in [0.717, 1.165) is 12.8 Å². The van der Waals surface area contributed by atoms with E-state index in [2.05, 4.69) is 152 Å². The highest BCUT2D eigenvalue weighted by Gasteiger charge is 2.27. The fourth-order valence-corrected chi connectivity index (χ4v) is 10.6. The van der Waals surface area contributed by atoms with Gasteiger partial charge in [0.1, 0.15) is 0 Å². The molecular weight excluding hydrogens is 625 g/mol. The van der Waals surface area contributed by atoms with E-state index in [0.29, 0.717) is 0 Å². The van der Waals surface area contributed by atoms with Gasteiger partial charge in [-0.05, 0) is 210 Å². The van der Waals surface area contributed by atoms with Crippen LogP contribution in [0.2, 0.25) is 0 Å². The van der Waals surface area contributed by atoms with Crippen LogP contribution in [0.4, 0.5) is 0 Å². The van der Waals surface area contributed by atoms with E-state index in [1.54, 1.807) is 0 Å². The van der Waals surface area contributed by atoms with Crippen LogP contribution in [0.25, 0.3) is 97.7 Å². The van der Waals surface area contributed by atoms with E-state index in [9.17, 15) is 0 Å². The van der Waals surface area contributed by atoms with E-state index in [4.69, 9.17) is 0 Å². The molecule has 0 aliphatic carbocycles. The summed E-state index contributed by atoms with van der Waals surface area (Å²) in [7, 11) is 0. The minimum Gasteiger partial charge on any atom is -0.0616 e. The Labute approximate surface area is 306 Å². The van der Waals surface area contributed by atoms with Gasteiger partial charge in [-0.2, -0.15) is 0 Å². The van der Waals surface area contributed by atoms with Gasteiger partial charge in [0.15, 0.2) is 0 Å². The molecule has 252 valence electrons. The second-order valence-corrected chi connectivity index (χ2v) is 15.7. The van der Waals surface area contributed by atoms with Gasteiger partial charge in [-0.25, -0.2) is 0 Å². The van der Waals surface area contributed by atoms with Crippen molar-refractivity contribution in [1.29, 1.82) is 0 Å². The average molecular weight is 669 g/mol. The van der Waals surface area contributed by atoms with E-state index < -0.39 is 0 Å². The summed E-state index contributed by atoms with van der Waals surface area (Å²) in [5, 5.41) is 19.5. The van der Waals surface area contributed by atoms with Gasteiger partial charge in [0.25, 0.3) is 0 Å². The minimum absolute atomic E-state index is 0.979. The van der Waals surface area contributed by atoms with Crippen molar-refractivity contribution in [2.45, 2.75) is 68.2 Å². The third-order valence-corrected chi connectivity index (χ3v) is 12.4. The summed E-state index contributed by atoms with van der Waals surface area (Å²) in [6, 6.07) is 38.1. The average Bonchev–Trinajstić information content (AvgIpc) is 3.12. The third kappa shape index (κ3) is 4.04. The number of hydrogen-bond acceptors (Lipinski definition) is 0. The molecule has 0 heterocycles. The first-order valence-electron chi connectivity index (χ1n) is 19.1. The summed E-state index contributed by atoms with van der Waals surface area (Å²) in [6.45, 7) is 18.4. The molecule has 10 aromatic rings. The lowest BCUT2D eigenvalue weighted by Crippen LogP contribution is -2.00. The molecule has 52 heavy (non-hydrogen) atoms. The molecule has 0 bridgehead atoms. The van der Waals surface area contributed by atoms with Crippen molar-refractivity contribution in [2.24, 2.45) is 0 Å². The van der Waals surface area contributed by atoms with E-state index in [1.165, 1.54) is 142 Å². The topological polar surface area (TPSA) is 0 Å². The number of benzene rings is 10. The van der Waals surface area contributed by atoms with Gasteiger partial charge in [0, 0.05) is 0 Å². The predicted molar refractivity (Wildman–Crippen MR) is 229 cm³/mol. The molecule has 0 radical (unpaired) electrons. The zero-order valence-corrected chi connectivity index (χ0v) is 31.7. The first kappa shape index (κ1) is 31.3. The molecule has 0 fully saturated rings. The molecule has 0 amide bonds. The van der Waals surface area contributed by atoms with Crippen molar-refractivity contribution in [1.82, 2.24) is 0 Å². The fraction of sp³-hybridized carbons (Fsp3) is 0.192. The molecule has 0 N–H and O–H groups in total. The van der Waals surface area contributed by atoms with Crippen molar-refractivity contribution < 1.29 is 0 Å². The van der Waals surface area contributed by atoms with Gasteiger partial charge in [-0.3, -0.25) is 0 Å². The van der Waals surface area contributed by atoms with Crippen LogP contribution in [-0.4, -0.2) is 0 Å². The number of hydrogen-bond donors (Lipinski definition) is 0. The fourth-order valence-electron chi connectivity index (χ4n) is 10.6. The zero-order valence-electron chi connectivity index (χ0n) is 31.7. The van der Waals surface area contributed by atoms with E-state index in [1.807, 2.05) is 0 Å². The van der Waals surface area contributed by atoms with Gasteiger partial charge in [0.2, 0.25) is 0 Å². The van der Waals surface area contributed by atoms with Crippen LogP contribution >= 0.6 is 0 Å². The lowest BCUT2D eigenvalue weighted by atomic mass is 9.76. The summed E-state index contributed by atoms with van der Waals surface area (Å²) in [5.41, 5.74) is 16.4. The molecule has 0 saturated heterocycles. The molecular formula is C52H44. The highest BCUT2D eigenvalue weighted by atomic mass is 14.3. The first-order valence-corrected chi connectivity index (χ1v) is 19.1. The van der Waals surface area contributed by atoms with Crippen LogP contribution in [0.3, 0.4) is 0 Å². The Hall–Kier alpha value is -5.46. The van der Waals surface area contributed by atoms with Crippen LogP contribution in [0.5, 0.6) is 0 Å². The van der Waals surface area contributed by atoms with Crippen molar-refractivity contribution in [3.63, 3.8) is 0 Å². The van der Waals surface area contributed by atoms with Crippen LogP contribution in [0.15, 0.2) is 97.1 Å². The molecule has 0 aromatic heterocycles. The van der Waals surface area contributed by atoms with E-state index >= 15 is 0 Å². The first-order chi connectivity index (χ1) is 25.2. The smallest absolute Gasteiger partial charge is 0.00108 e. The van der Waals surface area contributed by atoms with Gasteiger partial charge in [-0.1, -0.05) is 97.8 Å². The van der Waals surface area contributed by atoms with Gasteiger partial charge < -0.3 is 0 Å². The van der Waals surface area contributed by atoms with Gasteiger partial charge >= 0.3 is 0 Å². The standard InChI is InChI=1S/C52H44/c1-9-33-23-41-35-15-11-13-17-37(35)48(46-31(7)21-28(4)22-32(46)8)44-26-40-34(10-2)24-42-36-16-12-14-18-38(36)47(45-29(5)19-27(3)20-30(45)6)43-25-39(33)51(49(41)44)52(40)50(42)43/h11-26H,9-10H2,1-8H3. The summed E-state index contributed by atoms with van der Waals surface area (Å²) in [4.78, 5) is 0. The Kier molecular flexibility index (Phi) is 6.63. The lowest BCUT2D eigenvalue weighted by molar-refractivity contribution is 1.16.